The topological polar surface area (TPSA) is 55.8 Å². The van der Waals surface area contributed by atoms with E-state index in [4.69, 9.17) is 9.47 Å². The predicted octanol–water partition coefficient (Wildman–Crippen LogP) is 7.22. The van der Waals surface area contributed by atoms with Gasteiger partial charge in [0.05, 0.1) is 5.56 Å². The maximum absolute atomic E-state index is 11.3. The van der Waals surface area contributed by atoms with Gasteiger partial charge in [-0.05, 0) is 119 Å². The van der Waals surface area contributed by atoms with Crippen LogP contribution in [0, 0.1) is 17.8 Å². The van der Waals surface area contributed by atoms with Crippen LogP contribution in [0.4, 0.5) is 0 Å². The SMILES string of the molecule is COC(CCc1cc2ccc(-c3ccc(C(=O)O)cc3)cc2cc1C12CC3CC(CC(C3)C1)C2)OC. The number of hydrogen-bond donors (Lipinski definition) is 1. The number of carboxylic acid groups (broad SMARTS) is 1. The smallest absolute Gasteiger partial charge is 0.335 e. The molecule has 3 aromatic carbocycles. The van der Waals surface area contributed by atoms with Crippen molar-refractivity contribution in [2.45, 2.75) is 63.1 Å². The van der Waals surface area contributed by atoms with E-state index in [-0.39, 0.29) is 6.29 Å². The van der Waals surface area contributed by atoms with Crippen LogP contribution in [-0.4, -0.2) is 31.6 Å². The number of benzene rings is 3. The highest BCUT2D eigenvalue weighted by Gasteiger charge is 2.52. The lowest BCUT2D eigenvalue weighted by Crippen LogP contribution is -2.49. The Balaban J connectivity index is 1.42. The zero-order chi connectivity index (χ0) is 24.9. The summed E-state index contributed by atoms with van der Waals surface area (Å²) in [5.74, 6) is 1.79. The second-order valence-electron chi connectivity index (χ2n) is 11.6. The van der Waals surface area contributed by atoms with Gasteiger partial charge in [0.1, 0.15) is 0 Å². The van der Waals surface area contributed by atoms with Gasteiger partial charge in [-0.2, -0.15) is 0 Å². The maximum atomic E-state index is 11.3. The zero-order valence-electron chi connectivity index (χ0n) is 21.3. The Hall–Kier alpha value is -2.69. The fourth-order valence-electron chi connectivity index (χ4n) is 8.08. The number of rotatable bonds is 8. The minimum atomic E-state index is -0.892. The molecule has 4 nitrogen and oxygen atoms in total. The van der Waals surface area contributed by atoms with Gasteiger partial charge in [0, 0.05) is 20.6 Å². The van der Waals surface area contributed by atoms with E-state index in [0.717, 1.165) is 41.7 Å². The summed E-state index contributed by atoms with van der Waals surface area (Å²) in [5, 5.41) is 11.8. The minimum absolute atomic E-state index is 0.180. The highest BCUT2D eigenvalue weighted by atomic mass is 16.7. The van der Waals surface area contributed by atoms with Gasteiger partial charge < -0.3 is 14.6 Å². The molecule has 3 aromatic rings. The summed E-state index contributed by atoms with van der Waals surface area (Å²) in [4.78, 5) is 11.3. The van der Waals surface area contributed by atoms with Crippen LogP contribution in [0.15, 0.2) is 54.6 Å². The fourth-order valence-corrected chi connectivity index (χ4v) is 8.08. The summed E-state index contributed by atoms with van der Waals surface area (Å²) in [6.45, 7) is 0. The third-order valence-corrected chi connectivity index (χ3v) is 9.31. The molecule has 0 aliphatic heterocycles. The predicted molar refractivity (Wildman–Crippen MR) is 142 cm³/mol. The van der Waals surface area contributed by atoms with Gasteiger partial charge in [0.25, 0.3) is 0 Å². The van der Waals surface area contributed by atoms with E-state index >= 15 is 0 Å². The van der Waals surface area contributed by atoms with E-state index in [2.05, 4.69) is 30.3 Å². The molecule has 0 saturated heterocycles. The number of aromatic carboxylic acids is 1. The van der Waals surface area contributed by atoms with Crippen molar-refractivity contribution in [2.24, 2.45) is 17.8 Å². The molecule has 0 atom stereocenters. The molecule has 0 aromatic heterocycles. The standard InChI is InChI=1S/C32H36O4/c1-35-30(36-2)10-9-27-14-26-8-7-25(23-3-5-24(6-4-23)31(33)34)15-28(26)16-29(27)32-17-20-11-21(18-32)13-22(12-20)19-32/h3-8,14-16,20-22,30H,9-13,17-19H2,1-2H3,(H,33,34). The molecule has 188 valence electrons. The first kappa shape index (κ1) is 23.7. The van der Waals surface area contributed by atoms with Gasteiger partial charge in [-0.25, -0.2) is 4.79 Å². The Labute approximate surface area is 213 Å². The molecule has 4 aliphatic carbocycles. The van der Waals surface area contributed by atoms with E-state index in [0.29, 0.717) is 11.0 Å². The number of ether oxygens (including phenoxy) is 2. The Morgan fingerprint density at radius 2 is 1.47 bits per heavy atom. The van der Waals surface area contributed by atoms with Crippen molar-refractivity contribution in [1.82, 2.24) is 0 Å². The van der Waals surface area contributed by atoms with Gasteiger partial charge in [0.2, 0.25) is 0 Å². The summed E-state index contributed by atoms with van der Waals surface area (Å²) in [6, 6.07) is 18.8. The molecular weight excluding hydrogens is 448 g/mol. The van der Waals surface area contributed by atoms with E-state index < -0.39 is 5.97 Å². The Morgan fingerprint density at radius 1 is 0.861 bits per heavy atom. The summed E-state index contributed by atoms with van der Waals surface area (Å²) in [7, 11) is 3.44. The lowest BCUT2D eigenvalue weighted by molar-refractivity contribution is -0.105. The molecule has 0 amide bonds. The largest absolute Gasteiger partial charge is 0.478 e. The number of aryl methyl sites for hydroxylation is 1. The molecule has 4 fully saturated rings. The quantitative estimate of drug-likeness (QED) is 0.343. The van der Waals surface area contributed by atoms with Crippen LogP contribution in [0.1, 0.15) is 66.4 Å². The molecule has 7 rings (SSSR count). The lowest BCUT2D eigenvalue weighted by atomic mass is 9.47. The van der Waals surface area contributed by atoms with Gasteiger partial charge >= 0.3 is 5.97 Å². The summed E-state index contributed by atoms with van der Waals surface area (Å²) >= 11 is 0. The first-order chi connectivity index (χ1) is 17.5. The van der Waals surface area contributed by atoms with Crippen molar-refractivity contribution >= 4 is 16.7 Å². The third-order valence-electron chi connectivity index (χ3n) is 9.31. The van der Waals surface area contributed by atoms with E-state index in [1.165, 1.54) is 54.9 Å². The second kappa shape index (κ2) is 9.32. The molecule has 0 radical (unpaired) electrons. The van der Waals surface area contributed by atoms with Gasteiger partial charge in [-0.15, -0.1) is 0 Å². The molecule has 1 N–H and O–H groups in total. The monoisotopic (exact) mass is 484 g/mol. The highest BCUT2D eigenvalue weighted by Crippen LogP contribution is 2.61. The summed E-state index contributed by atoms with van der Waals surface area (Å²) < 4.78 is 11.1. The van der Waals surface area contributed by atoms with Crippen molar-refractivity contribution in [1.29, 1.82) is 0 Å². The van der Waals surface area contributed by atoms with Crippen molar-refractivity contribution < 1.29 is 19.4 Å². The maximum Gasteiger partial charge on any atom is 0.335 e. The molecule has 0 spiro atoms. The van der Waals surface area contributed by atoms with Crippen LogP contribution in [0.3, 0.4) is 0 Å². The molecule has 4 bridgehead atoms. The van der Waals surface area contributed by atoms with Crippen LogP contribution in [-0.2, 0) is 21.3 Å². The molecule has 4 saturated carbocycles. The number of hydrogen-bond acceptors (Lipinski definition) is 3. The molecule has 36 heavy (non-hydrogen) atoms. The first-order valence-electron chi connectivity index (χ1n) is 13.4. The van der Waals surface area contributed by atoms with Crippen molar-refractivity contribution in [3.05, 3.63) is 71.3 Å². The summed E-state index contributed by atoms with van der Waals surface area (Å²) in [5.41, 5.74) is 5.83. The van der Waals surface area contributed by atoms with E-state index in [1.807, 2.05) is 12.1 Å². The molecule has 0 heterocycles. The van der Waals surface area contributed by atoms with Gasteiger partial charge in [-0.1, -0.05) is 36.4 Å². The van der Waals surface area contributed by atoms with Gasteiger partial charge in [0.15, 0.2) is 6.29 Å². The first-order valence-corrected chi connectivity index (χ1v) is 13.4. The third kappa shape index (κ3) is 4.25. The zero-order valence-corrected chi connectivity index (χ0v) is 21.3. The average Bonchev–Trinajstić information content (AvgIpc) is 2.88. The molecule has 4 heteroatoms. The van der Waals surface area contributed by atoms with Crippen molar-refractivity contribution in [3.8, 4) is 11.1 Å². The number of carboxylic acids is 1. The average molecular weight is 485 g/mol. The van der Waals surface area contributed by atoms with Crippen molar-refractivity contribution in [2.75, 3.05) is 14.2 Å². The van der Waals surface area contributed by atoms with Crippen molar-refractivity contribution in [3.63, 3.8) is 0 Å². The Bertz CT molecular complexity index is 1240. The second-order valence-corrected chi connectivity index (χ2v) is 11.6. The Morgan fingerprint density at radius 3 is 2.06 bits per heavy atom. The van der Waals surface area contributed by atoms with E-state index in [1.54, 1.807) is 31.9 Å². The number of fused-ring (bicyclic) bond motifs is 1. The van der Waals surface area contributed by atoms with Crippen LogP contribution in [0.2, 0.25) is 0 Å². The fraction of sp³-hybridized carbons (Fsp3) is 0.469. The van der Waals surface area contributed by atoms with Gasteiger partial charge in [-0.3, -0.25) is 0 Å². The van der Waals surface area contributed by atoms with Crippen LogP contribution in [0.5, 0.6) is 0 Å². The Kier molecular flexibility index (Phi) is 6.13. The normalized spacial score (nSPS) is 26.7. The number of methoxy groups -OCH3 is 2. The highest BCUT2D eigenvalue weighted by molar-refractivity contribution is 5.91. The molecule has 0 unspecified atom stereocenters. The minimum Gasteiger partial charge on any atom is -0.478 e. The summed E-state index contributed by atoms with van der Waals surface area (Å²) in [6.07, 6.45) is 9.96. The van der Waals surface area contributed by atoms with Crippen LogP contribution < -0.4 is 0 Å². The van der Waals surface area contributed by atoms with Crippen LogP contribution in [0.25, 0.3) is 21.9 Å². The lowest BCUT2D eigenvalue weighted by Gasteiger charge is -2.57. The van der Waals surface area contributed by atoms with Crippen LogP contribution >= 0.6 is 0 Å². The molecule has 4 aliphatic rings. The van der Waals surface area contributed by atoms with E-state index in [9.17, 15) is 9.90 Å². The number of carbonyl (C=O) groups is 1. The molecular formula is C32H36O4.